The Kier molecular flexibility index (Phi) is 4.31. The molecule has 0 fully saturated rings. The van der Waals surface area contributed by atoms with Crippen LogP contribution in [0.3, 0.4) is 0 Å². The number of phenols is 1. The van der Waals surface area contributed by atoms with Crippen molar-refractivity contribution < 1.29 is 15.0 Å². The van der Waals surface area contributed by atoms with Crippen molar-refractivity contribution in [3.05, 3.63) is 29.8 Å². The number of hydrogen-bond donors (Lipinski definition) is 2. The third kappa shape index (κ3) is 2.97. The summed E-state index contributed by atoms with van der Waals surface area (Å²) in [5.41, 5.74) is 0.514. The summed E-state index contributed by atoms with van der Waals surface area (Å²) in [6, 6.07) is 6.14. The Hall–Kier alpha value is -1.55. The highest BCUT2D eigenvalue weighted by atomic mass is 16.3. The van der Waals surface area contributed by atoms with Gasteiger partial charge in [-0.1, -0.05) is 0 Å². The van der Waals surface area contributed by atoms with Crippen LogP contribution in [-0.2, 0) is 0 Å². The Balaban J connectivity index is 2.86. The number of carbonyl (C=O) groups is 1. The standard InChI is InChI=1S/C12H17NO3/c1-9(2)13(7-8-14)12(16)10-3-5-11(15)6-4-10/h3-6,9,14-15H,7-8H2,1-2H3. The monoisotopic (exact) mass is 223 g/mol. The number of aromatic hydroxyl groups is 1. The maximum atomic E-state index is 12.0. The number of aliphatic hydroxyl groups is 1. The number of aliphatic hydroxyl groups excluding tert-OH is 1. The highest BCUT2D eigenvalue weighted by molar-refractivity contribution is 5.94. The summed E-state index contributed by atoms with van der Waals surface area (Å²) in [7, 11) is 0. The second kappa shape index (κ2) is 5.51. The molecule has 1 aromatic rings. The molecule has 1 amide bonds. The van der Waals surface area contributed by atoms with Crippen LogP contribution in [0.2, 0.25) is 0 Å². The first kappa shape index (κ1) is 12.5. The molecule has 0 aromatic heterocycles. The smallest absolute Gasteiger partial charge is 0.254 e. The van der Waals surface area contributed by atoms with Crippen molar-refractivity contribution in [3.8, 4) is 5.75 Å². The molecule has 0 aliphatic carbocycles. The van der Waals surface area contributed by atoms with Crippen LogP contribution < -0.4 is 0 Å². The number of amides is 1. The molecule has 1 aromatic carbocycles. The second-order valence-corrected chi connectivity index (χ2v) is 3.86. The van der Waals surface area contributed by atoms with E-state index in [1.807, 2.05) is 13.8 Å². The fraction of sp³-hybridized carbons (Fsp3) is 0.417. The summed E-state index contributed by atoms with van der Waals surface area (Å²) < 4.78 is 0. The first-order valence-electron chi connectivity index (χ1n) is 5.27. The third-order valence-electron chi connectivity index (χ3n) is 2.34. The van der Waals surface area contributed by atoms with E-state index >= 15 is 0 Å². The first-order chi connectivity index (χ1) is 7.56. The van der Waals surface area contributed by atoms with Gasteiger partial charge in [0, 0.05) is 18.2 Å². The zero-order valence-electron chi connectivity index (χ0n) is 9.55. The Morgan fingerprint density at radius 1 is 1.31 bits per heavy atom. The van der Waals surface area contributed by atoms with Crippen LogP contribution in [0.25, 0.3) is 0 Å². The van der Waals surface area contributed by atoms with E-state index in [4.69, 9.17) is 10.2 Å². The average molecular weight is 223 g/mol. The minimum absolute atomic E-state index is 0.0356. The van der Waals surface area contributed by atoms with Crippen molar-refractivity contribution in [1.29, 1.82) is 0 Å². The van der Waals surface area contributed by atoms with Gasteiger partial charge in [0.1, 0.15) is 5.75 Å². The molecular weight excluding hydrogens is 206 g/mol. The molecule has 0 spiro atoms. The van der Waals surface area contributed by atoms with Gasteiger partial charge in [-0.3, -0.25) is 4.79 Å². The van der Waals surface area contributed by atoms with Gasteiger partial charge in [-0.15, -0.1) is 0 Å². The van der Waals surface area contributed by atoms with E-state index in [9.17, 15) is 4.79 Å². The number of hydrogen-bond acceptors (Lipinski definition) is 3. The minimum atomic E-state index is -0.135. The van der Waals surface area contributed by atoms with E-state index in [0.717, 1.165) is 0 Å². The number of carbonyl (C=O) groups excluding carboxylic acids is 1. The van der Waals surface area contributed by atoms with E-state index in [2.05, 4.69) is 0 Å². The molecule has 0 atom stereocenters. The number of benzene rings is 1. The zero-order chi connectivity index (χ0) is 12.1. The summed E-state index contributed by atoms with van der Waals surface area (Å²) in [5, 5.41) is 18.0. The van der Waals surface area contributed by atoms with Crippen LogP contribution >= 0.6 is 0 Å². The Labute approximate surface area is 95.1 Å². The Morgan fingerprint density at radius 2 is 1.88 bits per heavy atom. The van der Waals surface area contributed by atoms with E-state index in [1.165, 1.54) is 12.1 Å². The van der Waals surface area contributed by atoms with Gasteiger partial charge in [0.25, 0.3) is 5.91 Å². The lowest BCUT2D eigenvalue weighted by molar-refractivity contribution is 0.0665. The van der Waals surface area contributed by atoms with E-state index in [-0.39, 0.29) is 24.3 Å². The van der Waals surface area contributed by atoms with Gasteiger partial charge in [-0.25, -0.2) is 0 Å². The molecule has 0 radical (unpaired) electrons. The van der Waals surface area contributed by atoms with E-state index < -0.39 is 0 Å². The van der Waals surface area contributed by atoms with Crippen LogP contribution in [0.4, 0.5) is 0 Å². The van der Waals surface area contributed by atoms with Crippen molar-refractivity contribution in [1.82, 2.24) is 4.90 Å². The summed E-state index contributed by atoms with van der Waals surface area (Å²) in [5.74, 6) is -0.00106. The predicted octanol–water partition coefficient (Wildman–Crippen LogP) is 1.24. The zero-order valence-corrected chi connectivity index (χ0v) is 9.55. The summed E-state index contributed by atoms with van der Waals surface area (Å²) >= 11 is 0. The molecular formula is C12H17NO3. The van der Waals surface area contributed by atoms with E-state index in [0.29, 0.717) is 12.1 Å². The van der Waals surface area contributed by atoms with Crippen molar-refractivity contribution >= 4 is 5.91 Å². The summed E-state index contributed by atoms with van der Waals surface area (Å²) in [4.78, 5) is 13.6. The fourth-order valence-electron chi connectivity index (χ4n) is 1.47. The number of nitrogens with zero attached hydrogens (tertiary/aromatic N) is 1. The SMILES string of the molecule is CC(C)N(CCO)C(=O)c1ccc(O)cc1. The molecule has 0 unspecified atom stereocenters. The van der Waals surface area contributed by atoms with Crippen LogP contribution in [0.5, 0.6) is 5.75 Å². The van der Waals surface area contributed by atoms with Crippen molar-refractivity contribution in [2.45, 2.75) is 19.9 Å². The lowest BCUT2D eigenvalue weighted by atomic mass is 10.1. The van der Waals surface area contributed by atoms with Gasteiger partial charge in [-0.05, 0) is 38.1 Å². The molecule has 4 heteroatoms. The predicted molar refractivity (Wildman–Crippen MR) is 61.4 cm³/mol. The van der Waals surface area contributed by atoms with Gasteiger partial charge < -0.3 is 15.1 Å². The highest BCUT2D eigenvalue weighted by Crippen LogP contribution is 2.13. The molecule has 4 nitrogen and oxygen atoms in total. The van der Waals surface area contributed by atoms with Gasteiger partial charge in [0.2, 0.25) is 0 Å². The van der Waals surface area contributed by atoms with Crippen LogP contribution in [-0.4, -0.2) is 40.2 Å². The normalized spacial score (nSPS) is 10.5. The Bertz CT molecular complexity index is 346. The maximum Gasteiger partial charge on any atom is 0.254 e. The molecule has 2 N–H and O–H groups in total. The highest BCUT2D eigenvalue weighted by Gasteiger charge is 2.17. The largest absolute Gasteiger partial charge is 0.508 e. The van der Waals surface area contributed by atoms with Gasteiger partial charge in [0.15, 0.2) is 0 Å². The van der Waals surface area contributed by atoms with Crippen molar-refractivity contribution in [2.24, 2.45) is 0 Å². The molecule has 88 valence electrons. The van der Waals surface area contributed by atoms with Crippen LogP contribution in [0.15, 0.2) is 24.3 Å². The maximum absolute atomic E-state index is 12.0. The lowest BCUT2D eigenvalue weighted by Crippen LogP contribution is -2.38. The number of rotatable bonds is 4. The second-order valence-electron chi connectivity index (χ2n) is 3.86. The van der Waals surface area contributed by atoms with Gasteiger partial charge in [0.05, 0.1) is 6.61 Å². The molecule has 0 bridgehead atoms. The molecule has 0 heterocycles. The minimum Gasteiger partial charge on any atom is -0.508 e. The quantitative estimate of drug-likeness (QED) is 0.807. The fourth-order valence-corrected chi connectivity index (χ4v) is 1.47. The third-order valence-corrected chi connectivity index (χ3v) is 2.34. The van der Waals surface area contributed by atoms with Crippen LogP contribution in [0, 0.1) is 0 Å². The number of phenolic OH excluding ortho intramolecular Hbond substituents is 1. The van der Waals surface area contributed by atoms with E-state index in [1.54, 1.807) is 17.0 Å². The molecule has 0 saturated heterocycles. The van der Waals surface area contributed by atoms with Crippen LogP contribution in [0.1, 0.15) is 24.2 Å². The summed E-state index contributed by atoms with van der Waals surface area (Å²) in [6.45, 7) is 4.06. The van der Waals surface area contributed by atoms with Crippen molar-refractivity contribution in [2.75, 3.05) is 13.2 Å². The first-order valence-corrected chi connectivity index (χ1v) is 5.27. The molecule has 0 aliphatic rings. The Morgan fingerprint density at radius 3 is 2.31 bits per heavy atom. The van der Waals surface area contributed by atoms with Gasteiger partial charge >= 0.3 is 0 Å². The molecule has 0 saturated carbocycles. The van der Waals surface area contributed by atoms with Crippen molar-refractivity contribution in [3.63, 3.8) is 0 Å². The molecule has 1 rings (SSSR count). The van der Waals surface area contributed by atoms with Gasteiger partial charge in [-0.2, -0.15) is 0 Å². The topological polar surface area (TPSA) is 60.8 Å². The molecule has 16 heavy (non-hydrogen) atoms. The molecule has 0 aliphatic heterocycles. The lowest BCUT2D eigenvalue weighted by Gasteiger charge is -2.25. The summed E-state index contributed by atoms with van der Waals surface area (Å²) in [6.07, 6.45) is 0. The average Bonchev–Trinajstić information content (AvgIpc) is 2.25.